The third-order valence-corrected chi connectivity index (χ3v) is 3.73. The molecule has 2 aliphatic rings. The Morgan fingerprint density at radius 1 is 1.55 bits per heavy atom. The van der Waals surface area contributed by atoms with Gasteiger partial charge in [-0.1, -0.05) is 0 Å². The standard InChI is InChI=1S/C10H10N2O8S.Na/c13-8(14)3-6-9-5(1-2-19-9)7-4-11(6)10(15)12(7)20-21(16,17)18;/h1-2,6-7H,3-4H2,(H,13,14)(H,16,17,18);/q;+1/p-1/t6-,7-;/m1./s1. The van der Waals surface area contributed by atoms with E-state index < -0.39 is 40.9 Å². The summed E-state index contributed by atoms with van der Waals surface area (Å²) in [6, 6.07) is -1.12. The number of nitrogens with zero attached hydrogens (tertiary/aromatic N) is 2. The zero-order valence-electron chi connectivity index (χ0n) is 11.3. The molecule has 1 N–H and O–H groups in total. The molecule has 3 rings (SSSR count). The topological polar surface area (TPSA) is 140 Å². The van der Waals surface area contributed by atoms with Gasteiger partial charge in [0.05, 0.1) is 19.2 Å². The van der Waals surface area contributed by atoms with Gasteiger partial charge in [0, 0.05) is 5.56 Å². The number of carboxylic acids is 1. The molecule has 1 aromatic rings. The molecule has 1 aromatic heterocycles. The number of carboxylic acid groups (broad SMARTS) is 1. The van der Waals surface area contributed by atoms with Crippen LogP contribution >= 0.6 is 0 Å². The van der Waals surface area contributed by atoms with E-state index in [1.165, 1.54) is 12.3 Å². The summed E-state index contributed by atoms with van der Waals surface area (Å²) in [5.41, 5.74) is 0.423. The molecule has 1 saturated heterocycles. The fourth-order valence-corrected chi connectivity index (χ4v) is 3.02. The van der Waals surface area contributed by atoms with Gasteiger partial charge in [0.15, 0.2) is 0 Å². The number of carbonyl (C=O) groups excluding carboxylic acids is 1. The average Bonchev–Trinajstić information content (AvgIpc) is 2.91. The van der Waals surface area contributed by atoms with Crippen molar-refractivity contribution in [1.82, 2.24) is 9.96 Å². The zero-order valence-corrected chi connectivity index (χ0v) is 14.1. The molecule has 10 nitrogen and oxygen atoms in total. The van der Waals surface area contributed by atoms with Crippen molar-refractivity contribution in [2.24, 2.45) is 0 Å². The number of hydroxylamine groups is 2. The van der Waals surface area contributed by atoms with Gasteiger partial charge in [0.1, 0.15) is 17.8 Å². The van der Waals surface area contributed by atoms with Crippen molar-refractivity contribution in [3.63, 3.8) is 0 Å². The van der Waals surface area contributed by atoms with Gasteiger partial charge in [-0.3, -0.25) is 4.79 Å². The molecule has 0 saturated carbocycles. The van der Waals surface area contributed by atoms with Crippen LogP contribution in [0.15, 0.2) is 16.7 Å². The molecule has 12 heteroatoms. The van der Waals surface area contributed by atoms with Gasteiger partial charge in [0.25, 0.3) is 0 Å². The molecule has 0 spiro atoms. The Morgan fingerprint density at radius 3 is 2.82 bits per heavy atom. The number of aliphatic carboxylic acids is 1. The minimum Gasteiger partial charge on any atom is -0.724 e. The molecule has 114 valence electrons. The SMILES string of the molecule is O=C(O)C[C@@H]1c2occc2[C@H]2CN1C(=O)N2OS(=O)(=O)[O-].[Na+]. The third kappa shape index (κ3) is 2.87. The Kier molecular flexibility index (Phi) is 4.57. The molecule has 3 heterocycles. The second-order valence-electron chi connectivity index (χ2n) is 4.61. The number of fused-ring (bicyclic) bond motifs is 4. The van der Waals surface area contributed by atoms with Crippen LogP contribution in [-0.4, -0.2) is 46.6 Å². The van der Waals surface area contributed by atoms with E-state index >= 15 is 0 Å². The van der Waals surface area contributed by atoms with Gasteiger partial charge in [-0.2, -0.15) is 9.35 Å². The normalized spacial score (nSPS) is 23.2. The summed E-state index contributed by atoms with van der Waals surface area (Å²) in [6.07, 6.45) is 0.895. The molecule has 0 aromatic carbocycles. The van der Waals surface area contributed by atoms with Crippen molar-refractivity contribution in [3.05, 3.63) is 23.7 Å². The van der Waals surface area contributed by atoms with Gasteiger partial charge in [0.2, 0.25) is 10.4 Å². The number of furan rings is 1. The fraction of sp³-hybridized carbons (Fsp3) is 0.400. The number of rotatable bonds is 4. The van der Waals surface area contributed by atoms with E-state index in [1.807, 2.05) is 0 Å². The molecular weight excluding hydrogens is 331 g/mol. The first kappa shape index (κ1) is 17.2. The predicted molar refractivity (Wildman–Crippen MR) is 61.2 cm³/mol. The van der Waals surface area contributed by atoms with Crippen LogP contribution in [0.25, 0.3) is 0 Å². The maximum atomic E-state index is 12.1. The Balaban J connectivity index is 0.00000176. The van der Waals surface area contributed by atoms with E-state index in [9.17, 15) is 22.6 Å². The van der Waals surface area contributed by atoms with Gasteiger partial charge in [-0.25, -0.2) is 13.2 Å². The molecule has 0 aliphatic carbocycles. The summed E-state index contributed by atoms with van der Waals surface area (Å²) in [5.74, 6) is -0.902. The Bertz CT molecular complexity index is 716. The third-order valence-electron chi connectivity index (χ3n) is 3.39. The van der Waals surface area contributed by atoms with Crippen LogP contribution in [0, 0.1) is 0 Å². The maximum absolute atomic E-state index is 12.1. The van der Waals surface area contributed by atoms with Crippen LogP contribution in [0.4, 0.5) is 4.79 Å². The van der Waals surface area contributed by atoms with Crippen molar-refractivity contribution in [2.45, 2.75) is 18.5 Å². The maximum Gasteiger partial charge on any atom is 1.00 e. The van der Waals surface area contributed by atoms with Gasteiger partial charge >= 0.3 is 41.6 Å². The Labute approximate surface area is 146 Å². The quantitative estimate of drug-likeness (QED) is 0.347. The summed E-state index contributed by atoms with van der Waals surface area (Å²) in [4.78, 5) is 24.1. The zero-order chi connectivity index (χ0) is 15.4. The summed E-state index contributed by atoms with van der Waals surface area (Å²) in [7, 11) is -5.12. The minimum absolute atomic E-state index is 0. The monoisotopic (exact) mass is 340 g/mol. The van der Waals surface area contributed by atoms with Crippen molar-refractivity contribution >= 4 is 22.4 Å². The summed E-state index contributed by atoms with van der Waals surface area (Å²) < 4.78 is 41.6. The smallest absolute Gasteiger partial charge is 0.724 e. The summed E-state index contributed by atoms with van der Waals surface area (Å²) in [6.45, 7) is 0.0127. The Morgan fingerprint density at radius 2 is 2.23 bits per heavy atom. The fourth-order valence-electron chi connectivity index (χ4n) is 2.65. The van der Waals surface area contributed by atoms with Gasteiger partial charge < -0.3 is 19.0 Å². The van der Waals surface area contributed by atoms with Crippen molar-refractivity contribution in [3.8, 4) is 0 Å². The molecule has 2 bridgehead atoms. The van der Waals surface area contributed by atoms with E-state index in [0.717, 1.165) is 4.90 Å². The van der Waals surface area contributed by atoms with Crippen molar-refractivity contribution < 1.29 is 65.9 Å². The molecule has 2 amide bonds. The number of hydrogen-bond donors (Lipinski definition) is 1. The Hall–Kier alpha value is -1.11. The van der Waals surface area contributed by atoms with E-state index in [2.05, 4.69) is 4.28 Å². The first-order chi connectivity index (χ1) is 9.78. The molecule has 0 radical (unpaired) electrons. The van der Waals surface area contributed by atoms with E-state index in [4.69, 9.17) is 9.52 Å². The number of urea groups is 1. The van der Waals surface area contributed by atoms with Crippen LogP contribution in [-0.2, 0) is 19.5 Å². The number of carbonyl (C=O) groups is 2. The van der Waals surface area contributed by atoms with E-state index in [0.29, 0.717) is 10.6 Å². The molecule has 2 aliphatic heterocycles. The largest absolute Gasteiger partial charge is 1.00 e. The van der Waals surface area contributed by atoms with Crippen LogP contribution in [0.3, 0.4) is 0 Å². The molecule has 2 atom stereocenters. The van der Waals surface area contributed by atoms with Crippen LogP contribution in [0.2, 0.25) is 0 Å². The molecule has 22 heavy (non-hydrogen) atoms. The first-order valence-electron chi connectivity index (χ1n) is 5.82. The average molecular weight is 340 g/mol. The number of amides is 2. The van der Waals surface area contributed by atoms with Gasteiger partial charge in [-0.05, 0) is 6.07 Å². The van der Waals surface area contributed by atoms with Crippen molar-refractivity contribution in [2.75, 3.05) is 6.54 Å². The predicted octanol–water partition coefficient (Wildman–Crippen LogP) is -3.02. The molecule has 0 unspecified atom stereocenters. The van der Waals surface area contributed by atoms with E-state index in [-0.39, 0.29) is 41.9 Å². The van der Waals surface area contributed by atoms with Crippen LogP contribution in [0.1, 0.15) is 29.8 Å². The minimum atomic E-state index is -5.12. The van der Waals surface area contributed by atoms with Crippen LogP contribution in [0.5, 0.6) is 0 Å². The number of hydrogen-bond acceptors (Lipinski definition) is 7. The van der Waals surface area contributed by atoms with Gasteiger partial charge in [-0.15, -0.1) is 0 Å². The first-order valence-corrected chi connectivity index (χ1v) is 7.15. The van der Waals surface area contributed by atoms with E-state index in [1.54, 1.807) is 0 Å². The second kappa shape index (κ2) is 5.83. The summed E-state index contributed by atoms with van der Waals surface area (Å²) >= 11 is 0. The molecule has 1 fully saturated rings. The second-order valence-corrected chi connectivity index (χ2v) is 5.58. The van der Waals surface area contributed by atoms with Crippen LogP contribution < -0.4 is 29.6 Å². The van der Waals surface area contributed by atoms with Crippen molar-refractivity contribution in [1.29, 1.82) is 0 Å². The molecular formula is C10H9N2NaO8S. The summed E-state index contributed by atoms with van der Waals surface area (Å²) in [5, 5.41) is 9.37.